The number of allylic oxidation sites excluding steroid dienone is 2. The summed E-state index contributed by atoms with van der Waals surface area (Å²) in [6.45, 7) is 7.65. The van der Waals surface area contributed by atoms with Gasteiger partial charge in [-0.3, -0.25) is 4.79 Å². The van der Waals surface area contributed by atoms with Gasteiger partial charge in [-0.15, -0.1) is 0 Å². The Labute approximate surface area is 386 Å². The summed E-state index contributed by atoms with van der Waals surface area (Å²) < 4.78 is 5.49. The third kappa shape index (κ3) is 55.3. The Bertz CT molecular complexity index is 818. The van der Waals surface area contributed by atoms with Gasteiger partial charge in [0.2, 0.25) is 0 Å². The molecular formula is C59H116O2. The maximum absolute atomic E-state index is 12.0. The van der Waals surface area contributed by atoms with Crippen LogP contribution < -0.4 is 0 Å². The van der Waals surface area contributed by atoms with Crippen LogP contribution in [0.25, 0.3) is 0 Å². The number of ether oxygens (including phenoxy) is 1. The van der Waals surface area contributed by atoms with Crippen molar-refractivity contribution >= 4 is 5.97 Å². The first-order valence-electron chi connectivity index (χ1n) is 29.0. The standard InChI is InChI=1S/C59H116O2/c1-4-6-7-8-9-10-11-12-34-38-41-44-47-50-53-56-59(60)61-57-54-51-48-45-42-39-36-33-31-29-27-25-23-21-19-17-15-13-14-16-18-20-22-24-26-28-30-32-35-37-40-43-46-49-52-55-58(3)5-2/h12,34,58H,4-11,13-33,35-57H2,1-3H3/b34-12-. The second kappa shape index (κ2) is 55.3. The molecule has 0 aromatic rings. The van der Waals surface area contributed by atoms with Crippen LogP contribution in [-0.4, -0.2) is 12.6 Å². The van der Waals surface area contributed by atoms with E-state index in [-0.39, 0.29) is 5.97 Å². The lowest BCUT2D eigenvalue weighted by atomic mass is 9.99. The van der Waals surface area contributed by atoms with Gasteiger partial charge in [-0.1, -0.05) is 315 Å². The minimum absolute atomic E-state index is 0.0223. The van der Waals surface area contributed by atoms with E-state index < -0.39 is 0 Å². The van der Waals surface area contributed by atoms with Crippen LogP contribution >= 0.6 is 0 Å². The highest BCUT2D eigenvalue weighted by molar-refractivity contribution is 5.69. The number of hydrogen-bond donors (Lipinski definition) is 0. The summed E-state index contributed by atoms with van der Waals surface area (Å²) in [5.41, 5.74) is 0. The summed E-state index contributed by atoms with van der Waals surface area (Å²) in [6, 6.07) is 0. The first-order chi connectivity index (χ1) is 30.2. The molecule has 0 aromatic carbocycles. The number of carbonyl (C=O) groups is 1. The average molecular weight is 858 g/mol. The van der Waals surface area contributed by atoms with Crippen LogP contribution in [-0.2, 0) is 9.53 Å². The molecule has 0 N–H and O–H groups in total. The summed E-state index contributed by atoms with van der Waals surface area (Å²) in [7, 11) is 0. The normalized spacial score (nSPS) is 12.2. The lowest BCUT2D eigenvalue weighted by Crippen LogP contribution is -2.05. The molecule has 2 nitrogen and oxygen atoms in total. The molecule has 0 amide bonds. The minimum Gasteiger partial charge on any atom is -0.466 e. The molecule has 0 radical (unpaired) electrons. The van der Waals surface area contributed by atoms with E-state index in [1.807, 2.05) is 0 Å². The zero-order valence-electron chi connectivity index (χ0n) is 42.8. The van der Waals surface area contributed by atoms with Gasteiger partial charge in [-0.2, -0.15) is 0 Å². The molecule has 1 unspecified atom stereocenters. The van der Waals surface area contributed by atoms with Crippen molar-refractivity contribution in [2.75, 3.05) is 6.61 Å². The highest BCUT2D eigenvalue weighted by Gasteiger charge is 2.03. The molecule has 0 aromatic heterocycles. The van der Waals surface area contributed by atoms with E-state index in [2.05, 4.69) is 32.9 Å². The van der Waals surface area contributed by atoms with E-state index in [1.165, 1.54) is 302 Å². The first kappa shape index (κ1) is 60.2. The molecule has 0 bridgehead atoms. The zero-order chi connectivity index (χ0) is 44.0. The van der Waals surface area contributed by atoms with E-state index in [1.54, 1.807) is 0 Å². The molecule has 0 spiro atoms. The highest BCUT2D eigenvalue weighted by atomic mass is 16.5. The molecule has 0 aliphatic heterocycles. The molecular weight excluding hydrogens is 741 g/mol. The number of rotatable bonds is 54. The Kier molecular flexibility index (Phi) is 54.6. The molecule has 0 saturated carbocycles. The van der Waals surface area contributed by atoms with Crippen LogP contribution in [0.3, 0.4) is 0 Å². The van der Waals surface area contributed by atoms with Gasteiger partial charge in [0, 0.05) is 6.42 Å². The van der Waals surface area contributed by atoms with Crippen molar-refractivity contribution in [2.45, 2.75) is 348 Å². The zero-order valence-corrected chi connectivity index (χ0v) is 42.8. The Morgan fingerprint density at radius 1 is 0.344 bits per heavy atom. The molecule has 364 valence electrons. The van der Waals surface area contributed by atoms with Crippen LogP contribution in [0.2, 0.25) is 0 Å². The summed E-state index contributed by atoms with van der Waals surface area (Å²) in [5, 5.41) is 0. The van der Waals surface area contributed by atoms with Crippen molar-refractivity contribution < 1.29 is 9.53 Å². The van der Waals surface area contributed by atoms with E-state index in [9.17, 15) is 4.79 Å². The van der Waals surface area contributed by atoms with Crippen LogP contribution in [0.1, 0.15) is 348 Å². The fourth-order valence-corrected chi connectivity index (χ4v) is 9.23. The van der Waals surface area contributed by atoms with Gasteiger partial charge in [0.15, 0.2) is 0 Å². The van der Waals surface area contributed by atoms with Gasteiger partial charge in [-0.25, -0.2) is 0 Å². The van der Waals surface area contributed by atoms with E-state index in [4.69, 9.17) is 4.74 Å². The smallest absolute Gasteiger partial charge is 0.305 e. The van der Waals surface area contributed by atoms with Crippen molar-refractivity contribution in [3.05, 3.63) is 12.2 Å². The highest BCUT2D eigenvalue weighted by Crippen LogP contribution is 2.19. The van der Waals surface area contributed by atoms with Crippen LogP contribution in [0.15, 0.2) is 12.2 Å². The topological polar surface area (TPSA) is 26.3 Å². The Balaban J connectivity index is 3.15. The number of hydrogen-bond acceptors (Lipinski definition) is 2. The molecule has 0 aliphatic rings. The fraction of sp³-hybridized carbons (Fsp3) is 0.949. The second-order valence-corrected chi connectivity index (χ2v) is 20.2. The van der Waals surface area contributed by atoms with E-state index >= 15 is 0 Å². The first-order valence-corrected chi connectivity index (χ1v) is 29.0. The maximum atomic E-state index is 12.0. The maximum Gasteiger partial charge on any atom is 0.305 e. The number of esters is 1. The van der Waals surface area contributed by atoms with E-state index in [0.29, 0.717) is 13.0 Å². The van der Waals surface area contributed by atoms with Gasteiger partial charge >= 0.3 is 5.97 Å². The Morgan fingerprint density at radius 3 is 0.918 bits per heavy atom. The monoisotopic (exact) mass is 857 g/mol. The molecule has 2 heteroatoms. The molecule has 0 saturated heterocycles. The van der Waals surface area contributed by atoms with Crippen LogP contribution in [0.5, 0.6) is 0 Å². The summed E-state index contributed by atoms with van der Waals surface area (Å²) >= 11 is 0. The lowest BCUT2D eigenvalue weighted by Gasteiger charge is -2.07. The largest absolute Gasteiger partial charge is 0.466 e. The minimum atomic E-state index is 0.0223. The molecule has 0 heterocycles. The molecule has 0 fully saturated rings. The second-order valence-electron chi connectivity index (χ2n) is 20.2. The SMILES string of the molecule is CCCCCCCC/C=C\CCCCCCCC(=O)OCCCCCCCCCCCCCCCCCCCCCCCCCCCCCCCCCCCCCC(C)CC. The summed E-state index contributed by atoms with van der Waals surface area (Å²) in [6.07, 6.45) is 75.4. The van der Waals surface area contributed by atoms with Gasteiger partial charge in [0.05, 0.1) is 6.61 Å². The van der Waals surface area contributed by atoms with Gasteiger partial charge in [-0.05, 0) is 44.4 Å². The lowest BCUT2D eigenvalue weighted by molar-refractivity contribution is -0.143. The van der Waals surface area contributed by atoms with E-state index in [0.717, 1.165) is 25.2 Å². The number of carbonyl (C=O) groups excluding carboxylic acids is 1. The quantitative estimate of drug-likeness (QED) is 0.0346. The van der Waals surface area contributed by atoms with Crippen molar-refractivity contribution in [1.82, 2.24) is 0 Å². The van der Waals surface area contributed by atoms with Gasteiger partial charge in [0.25, 0.3) is 0 Å². The third-order valence-electron chi connectivity index (χ3n) is 13.9. The van der Waals surface area contributed by atoms with Crippen LogP contribution in [0, 0.1) is 5.92 Å². The molecule has 0 rings (SSSR count). The van der Waals surface area contributed by atoms with Crippen molar-refractivity contribution in [2.24, 2.45) is 5.92 Å². The van der Waals surface area contributed by atoms with Crippen molar-refractivity contribution in [3.63, 3.8) is 0 Å². The molecule has 0 aliphatic carbocycles. The predicted molar refractivity (Wildman–Crippen MR) is 276 cm³/mol. The third-order valence-corrected chi connectivity index (χ3v) is 13.9. The Morgan fingerprint density at radius 2 is 0.607 bits per heavy atom. The Hall–Kier alpha value is -0.790. The summed E-state index contributed by atoms with van der Waals surface area (Å²) in [4.78, 5) is 12.0. The molecule has 1 atom stereocenters. The van der Waals surface area contributed by atoms with Crippen molar-refractivity contribution in [3.8, 4) is 0 Å². The van der Waals surface area contributed by atoms with Crippen LogP contribution in [0.4, 0.5) is 0 Å². The summed E-state index contributed by atoms with van der Waals surface area (Å²) in [5.74, 6) is 0.963. The number of unbranched alkanes of at least 4 members (excludes halogenated alkanes) is 45. The predicted octanol–water partition coefficient (Wildman–Crippen LogP) is 21.7. The average Bonchev–Trinajstić information content (AvgIpc) is 3.27. The van der Waals surface area contributed by atoms with Gasteiger partial charge in [0.1, 0.15) is 0 Å². The molecule has 61 heavy (non-hydrogen) atoms. The fourth-order valence-electron chi connectivity index (χ4n) is 9.23. The van der Waals surface area contributed by atoms with Crippen molar-refractivity contribution in [1.29, 1.82) is 0 Å². The van der Waals surface area contributed by atoms with Gasteiger partial charge < -0.3 is 4.74 Å².